The van der Waals surface area contributed by atoms with E-state index in [4.69, 9.17) is 16.0 Å². The summed E-state index contributed by atoms with van der Waals surface area (Å²) in [7, 11) is 1.85. The summed E-state index contributed by atoms with van der Waals surface area (Å²) in [6, 6.07) is 5.68. The van der Waals surface area contributed by atoms with Crippen LogP contribution in [0.4, 0.5) is 5.69 Å². The number of aromatic hydroxyl groups is 2. The summed E-state index contributed by atoms with van der Waals surface area (Å²) in [4.78, 5) is 25.2. The second-order valence-corrected chi connectivity index (χ2v) is 7.96. The Labute approximate surface area is 180 Å². The molecule has 10 heteroatoms. The van der Waals surface area contributed by atoms with Crippen LogP contribution in [0.1, 0.15) is 17.9 Å². The minimum Gasteiger partial charge on any atom is -0.507 e. The molecule has 0 aliphatic carbocycles. The first-order valence-corrected chi connectivity index (χ1v) is 9.88. The van der Waals surface area contributed by atoms with Crippen LogP contribution in [-0.4, -0.2) is 51.4 Å². The van der Waals surface area contributed by atoms with E-state index in [0.29, 0.717) is 18.5 Å². The Hall–Kier alpha value is -3.14. The van der Waals surface area contributed by atoms with Crippen LogP contribution in [0.5, 0.6) is 11.5 Å². The van der Waals surface area contributed by atoms with Crippen molar-refractivity contribution in [2.75, 3.05) is 20.2 Å². The smallest absolute Gasteiger partial charge is 0.270 e. The van der Waals surface area contributed by atoms with Crippen molar-refractivity contribution in [3.63, 3.8) is 0 Å². The Kier molecular flexibility index (Phi) is 5.34. The van der Waals surface area contributed by atoms with Crippen LogP contribution < -0.4 is 5.43 Å². The number of phenols is 2. The van der Waals surface area contributed by atoms with Crippen molar-refractivity contribution in [1.82, 2.24) is 4.90 Å². The van der Waals surface area contributed by atoms with Gasteiger partial charge in [0.1, 0.15) is 28.2 Å². The summed E-state index contributed by atoms with van der Waals surface area (Å²) in [5.74, 6) is -0.989. The highest BCUT2D eigenvalue weighted by Crippen LogP contribution is 2.44. The number of hydrogen-bond acceptors (Lipinski definition) is 8. The maximum Gasteiger partial charge on any atom is 0.270 e. The van der Waals surface area contributed by atoms with E-state index in [1.54, 1.807) is 0 Å². The van der Waals surface area contributed by atoms with Gasteiger partial charge in [0.25, 0.3) is 5.69 Å². The van der Waals surface area contributed by atoms with Gasteiger partial charge in [0, 0.05) is 47.4 Å². The van der Waals surface area contributed by atoms with Crippen molar-refractivity contribution in [2.24, 2.45) is 0 Å². The molecule has 4 rings (SSSR count). The highest BCUT2D eigenvalue weighted by Gasteiger charge is 2.36. The first kappa shape index (κ1) is 21.1. The SMILES string of the molecule is CN1CC[C@H](c2c(O)cc(O)c3c(=O)cc(-c4ccc([N+](=O)[O-])cc4Cl)oc23)[C@H]1CO. The molecule has 31 heavy (non-hydrogen) atoms. The Morgan fingerprint density at radius 1 is 1.26 bits per heavy atom. The van der Waals surface area contributed by atoms with Crippen molar-refractivity contribution >= 4 is 28.3 Å². The number of aliphatic hydroxyl groups excluding tert-OH is 1. The van der Waals surface area contributed by atoms with Gasteiger partial charge >= 0.3 is 0 Å². The number of non-ortho nitro benzene ring substituents is 1. The fourth-order valence-corrected chi connectivity index (χ4v) is 4.51. The van der Waals surface area contributed by atoms with E-state index < -0.39 is 16.1 Å². The number of rotatable bonds is 4. The van der Waals surface area contributed by atoms with E-state index >= 15 is 0 Å². The Morgan fingerprint density at radius 3 is 2.65 bits per heavy atom. The van der Waals surface area contributed by atoms with Gasteiger partial charge in [-0.1, -0.05) is 11.6 Å². The van der Waals surface area contributed by atoms with E-state index in [1.165, 1.54) is 12.1 Å². The number of halogens is 1. The number of likely N-dealkylation sites (N-methyl/N-ethyl adjacent to an activating group) is 1. The van der Waals surface area contributed by atoms with Gasteiger partial charge in [-0.25, -0.2) is 0 Å². The molecule has 9 nitrogen and oxygen atoms in total. The van der Waals surface area contributed by atoms with Gasteiger partial charge in [-0.15, -0.1) is 0 Å². The number of likely N-dealkylation sites (tertiary alicyclic amines) is 1. The van der Waals surface area contributed by atoms with Gasteiger partial charge in [-0.05, 0) is 26.1 Å². The van der Waals surface area contributed by atoms with Crippen LogP contribution in [0.25, 0.3) is 22.3 Å². The number of hydrogen-bond donors (Lipinski definition) is 3. The molecule has 1 saturated heterocycles. The number of nitro benzene ring substituents is 1. The van der Waals surface area contributed by atoms with E-state index in [2.05, 4.69) is 0 Å². The quantitative estimate of drug-likeness (QED) is 0.410. The lowest BCUT2D eigenvalue weighted by molar-refractivity contribution is -0.384. The van der Waals surface area contributed by atoms with Crippen LogP contribution in [0, 0.1) is 10.1 Å². The number of nitro groups is 1. The van der Waals surface area contributed by atoms with Gasteiger partial charge in [0.05, 0.1) is 16.6 Å². The second-order valence-electron chi connectivity index (χ2n) is 7.55. The summed E-state index contributed by atoms with van der Waals surface area (Å²) in [6.45, 7) is 0.497. The lowest BCUT2D eigenvalue weighted by atomic mass is 9.89. The molecule has 2 aromatic carbocycles. The molecule has 3 aromatic rings. The molecule has 0 radical (unpaired) electrons. The summed E-state index contributed by atoms with van der Waals surface area (Å²) in [5.41, 5.74) is -0.215. The molecule has 3 N–H and O–H groups in total. The predicted octanol–water partition coefficient (Wildman–Crippen LogP) is 3.21. The number of fused-ring (bicyclic) bond motifs is 1. The molecule has 0 unspecified atom stereocenters. The van der Waals surface area contributed by atoms with Crippen molar-refractivity contribution in [3.05, 3.63) is 61.3 Å². The Morgan fingerprint density at radius 2 is 2.00 bits per heavy atom. The van der Waals surface area contributed by atoms with Crippen LogP contribution in [0.2, 0.25) is 5.02 Å². The zero-order valence-electron chi connectivity index (χ0n) is 16.4. The fourth-order valence-electron chi connectivity index (χ4n) is 4.24. The van der Waals surface area contributed by atoms with Crippen molar-refractivity contribution in [1.29, 1.82) is 0 Å². The van der Waals surface area contributed by atoms with Crippen molar-refractivity contribution in [2.45, 2.75) is 18.4 Å². The normalized spacial score (nSPS) is 19.2. The molecule has 1 aromatic heterocycles. The molecule has 0 amide bonds. The average Bonchev–Trinajstić information content (AvgIpc) is 3.07. The predicted molar refractivity (Wildman–Crippen MR) is 114 cm³/mol. The zero-order valence-corrected chi connectivity index (χ0v) is 17.2. The molecular formula is C21H19ClN2O7. The van der Waals surface area contributed by atoms with Crippen LogP contribution in [0.15, 0.2) is 39.5 Å². The summed E-state index contributed by atoms with van der Waals surface area (Å²) in [5, 5.41) is 41.7. The lowest BCUT2D eigenvalue weighted by Gasteiger charge is -2.24. The van der Waals surface area contributed by atoms with E-state index in [9.17, 15) is 30.2 Å². The molecule has 0 bridgehead atoms. The molecule has 0 saturated carbocycles. The summed E-state index contributed by atoms with van der Waals surface area (Å²) < 4.78 is 5.97. The number of benzene rings is 2. The maximum atomic E-state index is 12.9. The highest BCUT2D eigenvalue weighted by molar-refractivity contribution is 6.33. The number of aliphatic hydroxyl groups is 1. The van der Waals surface area contributed by atoms with Gasteiger partial charge in [0.15, 0.2) is 5.43 Å². The minimum atomic E-state index is -0.591. The van der Waals surface area contributed by atoms with Gasteiger partial charge in [-0.3, -0.25) is 14.9 Å². The van der Waals surface area contributed by atoms with E-state index in [-0.39, 0.29) is 57.3 Å². The number of nitrogens with zero attached hydrogens (tertiary/aromatic N) is 2. The first-order chi connectivity index (χ1) is 14.7. The third kappa shape index (κ3) is 3.50. The van der Waals surface area contributed by atoms with Crippen LogP contribution in [-0.2, 0) is 0 Å². The van der Waals surface area contributed by atoms with Gasteiger partial charge in [-0.2, -0.15) is 0 Å². The van der Waals surface area contributed by atoms with Crippen molar-refractivity contribution < 1.29 is 24.7 Å². The van der Waals surface area contributed by atoms with Crippen molar-refractivity contribution in [3.8, 4) is 22.8 Å². The minimum absolute atomic E-state index is 0.00632. The largest absolute Gasteiger partial charge is 0.507 e. The first-order valence-electron chi connectivity index (χ1n) is 9.51. The number of phenolic OH excluding ortho intramolecular Hbond substituents is 2. The van der Waals surface area contributed by atoms with Crippen LogP contribution >= 0.6 is 11.6 Å². The van der Waals surface area contributed by atoms with Gasteiger partial charge in [0.2, 0.25) is 0 Å². The maximum absolute atomic E-state index is 12.9. The monoisotopic (exact) mass is 446 g/mol. The topological polar surface area (TPSA) is 137 Å². The van der Waals surface area contributed by atoms with Gasteiger partial charge < -0.3 is 24.6 Å². The van der Waals surface area contributed by atoms with E-state index in [1.807, 2.05) is 11.9 Å². The third-order valence-electron chi connectivity index (χ3n) is 5.81. The fraction of sp³-hybridized carbons (Fsp3) is 0.286. The highest BCUT2D eigenvalue weighted by atomic mass is 35.5. The standard InChI is InChI=1S/C21H19ClN2O7/c1-23-5-4-12(14(23)9-25)19-15(26)7-16(27)20-17(28)8-18(31-21(19)20)11-3-2-10(24(29)30)6-13(11)22/h2-3,6-8,12,14,25-27H,4-5,9H2,1H3/t12-,14+/m0/s1. The van der Waals surface area contributed by atoms with Crippen LogP contribution in [0.3, 0.4) is 0 Å². The Bertz CT molecular complexity index is 1260. The zero-order chi connectivity index (χ0) is 22.4. The summed E-state index contributed by atoms with van der Waals surface area (Å²) in [6.07, 6.45) is 0.599. The molecular weight excluding hydrogens is 428 g/mol. The molecule has 2 heterocycles. The molecule has 162 valence electrons. The molecule has 2 atom stereocenters. The average molecular weight is 447 g/mol. The molecule has 0 spiro atoms. The molecule has 1 aliphatic heterocycles. The molecule has 1 fully saturated rings. The third-order valence-corrected chi connectivity index (χ3v) is 6.12. The second kappa shape index (κ2) is 7.84. The lowest BCUT2D eigenvalue weighted by Crippen LogP contribution is -2.32. The summed E-state index contributed by atoms with van der Waals surface area (Å²) >= 11 is 6.20. The Balaban J connectivity index is 1.98. The van der Waals surface area contributed by atoms with E-state index in [0.717, 1.165) is 18.2 Å². The molecule has 1 aliphatic rings.